The number of aliphatic hydroxyl groups is 1. The van der Waals surface area contributed by atoms with Crippen molar-refractivity contribution in [3.05, 3.63) is 29.3 Å². The molecule has 1 aromatic rings. The first kappa shape index (κ1) is 13.9. The minimum atomic E-state index is -0.542. The Morgan fingerprint density at radius 1 is 1.30 bits per heavy atom. The van der Waals surface area contributed by atoms with E-state index in [1.54, 1.807) is 7.11 Å². The Morgan fingerprint density at radius 2 is 2.10 bits per heavy atom. The van der Waals surface area contributed by atoms with E-state index in [0.717, 1.165) is 56.0 Å². The molecular weight excluding hydrogens is 256 g/mol. The monoisotopic (exact) mass is 278 g/mol. The second-order valence-electron chi connectivity index (χ2n) is 5.64. The van der Waals surface area contributed by atoms with Crippen molar-refractivity contribution in [3.8, 4) is 5.75 Å². The minimum absolute atomic E-state index is 0.125. The number of hydrogen-bond acceptors (Lipinski definition) is 4. The molecule has 0 amide bonds. The molecule has 20 heavy (non-hydrogen) atoms. The van der Waals surface area contributed by atoms with Crippen LogP contribution in [0.15, 0.2) is 18.2 Å². The lowest BCUT2D eigenvalue weighted by Crippen LogP contribution is -2.25. The molecule has 2 atom stereocenters. The second kappa shape index (κ2) is 6.12. The van der Waals surface area contributed by atoms with Crippen LogP contribution in [0.25, 0.3) is 0 Å². The van der Waals surface area contributed by atoms with Crippen LogP contribution in [-0.4, -0.2) is 38.1 Å². The summed E-state index contributed by atoms with van der Waals surface area (Å²) in [5.74, 6) is 1.35. The molecule has 2 aliphatic rings. The summed E-state index contributed by atoms with van der Waals surface area (Å²) in [7, 11) is 1.64. The van der Waals surface area contributed by atoms with Gasteiger partial charge < -0.3 is 19.3 Å². The zero-order valence-electron chi connectivity index (χ0n) is 11.9. The van der Waals surface area contributed by atoms with Crippen LogP contribution in [0.2, 0.25) is 0 Å². The molecule has 0 spiro atoms. The van der Waals surface area contributed by atoms with Gasteiger partial charge in [0, 0.05) is 19.6 Å². The molecule has 2 unspecified atom stereocenters. The van der Waals surface area contributed by atoms with E-state index < -0.39 is 6.10 Å². The molecule has 0 bridgehead atoms. The maximum Gasteiger partial charge on any atom is 0.119 e. The van der Waals surface area contributed by atoms with Gasteiger partial charge in [0.2, 0.25) is 0 Å². The van der Waals surface area contributed by atoms with E-state index in [1.807, 2.05) is 18.2 Å². The van der Waals surface area contributed by atoms with E-state index in [1.165, 1.54) is 0 Å². The smallest absolute Gasteiger partial charge is 0.119 e. The molecule has 1 saturated heterocycles. The average Bonchev–Trinajstić information content (AvgIpc) is 2.82. The summed E-state index contributed by atoms with van der Waals surface area (Å²) in [5.41, 5.74) is 2.11. The SMILES string of the molecule is COc1ccc2c(c1)C(O)C(OCC1CCOCC1)C2. The minimum Gasteiger partial charge on any atom is -0.497 e. The molecule has 0 radical (unpaired) electrons. The summed E-state index contributed by atoms with van der Waals surface area (Å²) < 4.78 is 16.5. The third-order valence-electron chi connectivity index (χ3n) is 4.33. The van der Waals surface area contributed by atoms with Crippen LogP contribution in [0.1, 0.15) is 30.1 Å². The highest BCUT2D eigenvalue weighted by molar-refractivity contribution is 5.41. The van der Waals surface area contributed by atoms with Crippen molar-refractivity contribution < 1.29 is 19.3 Å². The number of benzene rings is 1. The average molecular weight is 278 g/mol. The van der Waals surface area contributed by atoms with Crippen LogP contribution in [0.3, 0.4) is 0 Å². The van der Waals surface area contributed by atoms with Crippen molar-refractivity contribution >= 4 is 0 Å². The van der Waals surface area contributed by atoms with Crippen LogP contribution >= 0.6 is 0 Å². The van der Waals surface area contributed by atoms with E-state index in [-0.39, 0.29) is 6.10 Å². The Labute approximate surface area is 119 Å². The first-order valence-corrected chi connectivity index (χ1v) is 7.32. The fourth-order valence-corrected chi connectivity index (χ4v) is 3.01. The molecule has 1 aromatic carbocycles. The summed E-state index contributed by atoms with van der Waals surface area (Å²) in [6.07, 6.45) is 2.23. The van der Waals surface area contributed by atoms with Gasteiger partial charge in [-0.3, -0.25) is 0 Å². The number of ether oxygens (including phenoxy) is 3. The predicted octanol–water partition coefficient (Wildman–Crippen LogP) is 2.10. The van der Waals surface area contributed by atoms with Gasteiger partial charge >= 0.3 is 0 Å². The second-order valence-corrected chi connectivity index (χ2v) is 5.64. The van der Waals surface area contributed by atoms with Crippen molar-refractivity contribution in [1.82, 2.24) is 0 Å². The lowest BCUT2D eigenvalue weighted by molar-refractivity contribution is -0.0559. The third-order valence-corrected chi connectivity index (χ3v) is 4.33. The van der Waals surface area contributed by atoms with Gasteiger partial charge in [0.25, 0.3) is 0 Å². The molecule has 110 valence electrons. The summed E-state index contributed by atoms with van der Waals surface area (Å²) in [6, 6.07) is 5.87. The number of methoxy groups -OCH3 is 1. The van der Waals surface area contributed by atoms with Crippen LogP contribution in [0.5, 0.6) is 5.75 Å². The highest BCUT2D eigenvalue weighted by Crippen LogP contribution is 2.36. The molecule has 0 saturated carbocycles. The molecule has 0 aromatic heterocycles. The first-order chi connectivity index (χ1) is 9.78. The molecule has 1 heterocycles. The van der Waals surface area contributed by atoms with Crippen molar-refractivity contribution in [2.75, 3.05) is 26.9 Å². The number of rotatable bonds is 4. The maximum absolute atomic E-state index is 10.4. The number of hydrogen-bond donors (Lipinski definition) is 1. The zero-order chi connectivity index (χ0) is 13.9. The normalized spacial score (nSPS) is 26.5. The zero-order valence-corrected chi connectivity index (χ0v) is 11.9. The highest BCUT2D eigenvalue weighted by Gasteiger charge is 2.32. The van der Waals surface area contributed by atoms with Gasteiger partial charge in [0.05, 0.1) is 19.8 Å². The van der Waals surface area contributed by atoms with Crippen molar-refractivity contribution in [2.45, 2.75) is 31.5 Å². The summed E-state index contributed by atoms with van der Waals surface area (Å²) in [5, 5.41) is 10.4. The Hall–Kier alpha value is -1.10. The largest absolute Gasteiger partial charge is 0.497 e. The van der Waals surface area contributed by atoms with Crippen molar-refractivity contribution in [2.24, 2.45) is 5.92 Å². The molecular formula is C16H22O4. The van der Waals surface area contributed by atoms with Crippen LogP contribution in [0.4, 0.5) is 0 Å². The van der Waals surface area contributed by atoms with Gasteiger partial charge in [-0.2, -0.15) is 0 Å². The highest BCUT2D eigenvalue weighted by atomic mass is 16.5. The van der Waals surface area contributed by atoms with E-state index in [4.69, 9.17) is 14.2 Å². The van der Waals surface area contributed by atoms with E-state index in [9.17, 15) is 5.11 Å². The number of aliphatic hydroxyl groups excluding tert-OH is 1. The van der Waals surface area contributed by atoms with Crippen molar-refractivity contribution in [3.63, 3.8) is 0 Å². The predicted molar refractivity (Wildman–Crippen MR) is 74.9 cm³/mol. The molecule has 1 aliphatic carbocycles. The van der Waals surface area contributed by atoms with Gasteiger partial charge in [-0.15, -0.1) is 0 Å². The van der Waals surface area contributed by atoms with Crippen molar-refractivity contribution in [1.29, 1.82) is 0 Å². The van der Waals surface area contributed by atoms with Crippen LogP contribution in [-0.2, 0) is 15.9 Å². The Balaban J connectivity index is 1.59. The maximum atomic E-state index is 10.4. The Bertz CT molecular complexity index is 454. The summed E-state index contributed by atoms with van der Waals surface area (Å²) >= 11 is 0. The molecule has 1 aliphatic heterocycles. The third kappa shape index (κ3) is 2.82. The Kier molecular flexibility index (Phi) is 4.24. The lowest BCUT2D eigenvalue weighted by atomic mass is 10.0. The van der Waals surface area contributed by atoms with E-state index >= 15 is 0 Å². The van der Waals surface area contributed by atoms with Gasteiger partial charge in [0.1, 0.15) is 11.9 Å². The van der Waals surface area contributed by atoms with Gasteiger partial charge in [-0.25, -0.2) is 0 Å². The van der Waals surface area contributed by atoms with Gasteiger partial charge in [0.15, 0.2) is 0 Å². The van der Waals surface area contributed by atoms with Crippen LogP contribution in [0, 0.1) is 5.92 Å². The molecule has 4 heteroatoms. The standard InChI is InChI=1S/C16H22O4/c1-18-13-3-2-12-8-15(16(17)14(12)9-13)20-10-11-4-6-19-7-5-11/h2-3,9,11,15-17H,4-8,10H2,1H3. The molecule has 1 N–H and O–H groups in total. The van der Waals surface area contributed by atoms with E-state index in [0.29, 0.717) is 5.92 Å². The molecule has 4 nitrogen and oxygen atoms in total. The van der Waals surface area contributed by atoms with E-state index in [2.05, 4.69) is 0 Å². The summed E-state index contributed by atoms with van der Waals surface area (Å²) in [4.78, 5) is 0. The van der Waals surface area contributed by atoms with Gasteiger partial charge in [-0.05, 0) is 42.0 Å². The molecule has 3 rings (SSSR count). The fourth-order valence-electron chi connectivity index (χ4n) is 3.01. The Morgan fingerprint density at radius 3 is 2.85 bits per heavy atom. The quantitative estimate of drug-likeness (QED) is 0.916. The van der Waals surface area contributed by atoms with Crippen LogP contribution < -0.4 is 4.74 Å². The fraction of sp³-hybridized carbons (Fsp3) is 0.625. The molecule has 1 fully saturated rings. The lowest BCUT2D eigenvalue weighted by Gasteiger charge is -2.24. The number of fused-ring (bicyclic) bond motifs is 1. The summed E-state index contributed by atoms with van der Waals surface area (Å²) in [6.45, 7) is 2.38. The topological polar surface area (TPSA) is 47.9 Å². The first-order valence-electron chi connectivity index (χ1n) is 7.32. The van der Waals surface area contributed by atoms with Gasteiger partial charge in [-0.1, -0.05) is 6.07 Å².